The van der Waals surface area contributed by atoms with Crippen molar-refractivity contribution in [3.05, 3.63) is 30.0 Å². The van der Waals surface area contributed by atoms with Crippen molar-refractivity contribution >= 4 is 16.9 Å². The molecular weight excluding hydrogens is 222 g/mol. The highest BCUT2D eigenvalue weighted by molar-refractivity contribution is 5.86. The first-order valence-corrected chi connectivity index (χ1v) is 5.20. The third-order valence-electron chi connectivity index (χ3n) is 2.65. The van der Waals surface area contributed by atoms with Crippen LogP contribution in [0.25, 0.3) is 10.9 Å². The fourth-order valence-corrected chi connectivity index (χ4v) is 1.92. The zero-order chi connectivity index (χ0) is 12.6. The lowest BCUT2D eigenvalue weighted by Crippen LogP contribution is -2.07. The summed E-state index contributed by atoms with van der Waals surface area (Å²) in [7, 11) is 0. The predicted octanol–water partition coefficient (Wildman–Crippen LogP) is 1.48. The molecule has 1 aromatic carbocycles. The molecule has 0 fully saturated rings. The molecule has 0 aliphatic rings. The number of phenols is 1. The summed E-state index contributed by atoms with van der Waals surface area (Å²) in [6.07, 6.45) is 0.887. The van der Waals surface area contributed by atoms with Crippen LogP contribution in [0.15, 0.2) is 24.4 Å². The van der Waals surface area contributed by atoms with Crippen molar-refractivity contribution in [1.82, 2.24) is 4.57 Å². The number of carbonyl (C=O) groups is 1. The summed E-state index contributed by atoms with van der Waals surface area (Å²) in [5, 5.41) is 28.5. The molecule has 5 heteroatoms. The number of aliphatic hydroxyl groups excluding tert-OH is 1. The van der Waals surface area contributed by atoms with Gasteiger partial charge in [-0.05, 0) is 25.1 Å². The second kappa shape index (κ2) is 4.10. The number of carboxylic acids is 1. The van der Waals surface area contributed by atoms with Crippen LogP contribution in [0.3, 0.4) is 0 Å². The molecule has 0 radical (unpaired) electrons. The van der Waals surface area contributed by atoms with Gasteiger partial charge < -0.3 is 19.9 Å². The maximum Gasteiger partial charge on any atom is 0.323 e. The highest BCUT2D eigenvalue weighted by Crippen LogP contribution is 2.29. The molecule has 0 aliphatic carbocycles. The van der Waals surface area contributed by atoms with Gasteiger partial charge in [-0.15, -0.1) is 0 Å². The molecule has 0 saturated heterocycles. The Balaban J connectivity index is 2.66. The molecule has 2 rings (SSSR count). The second-order valence-corrected chi connectivity index (χ2v) is 3.98. The standard InChI is InChI=1S/C12H13NO4/c1-7(14)10-5-13(6-12(16)17)11-3-2-8(15)4-9(10)11/h2-5,7,14-15H,6H2,1H3,(H,16,17). The number of hydrogen-bond acceptors (Lipinski definition) is 3. The topological polar surface area (TPSA) is 82.7 Å². The summed E-state index contributed by atoms with van der Waals surface area (Å²) in [6.45, 7) is 1.43. The third kappa shape index (κ3) is 2.09. The Bertz CT molecular complexity index is 571. The van der Waals surface area contributed by atoms with E-state index < -0.39 is 12.1 Å². The molecule has 3 N–H and O–H groups in total. The molecule has 17 heavy (non-hydrogen) atoms. The van der Waals surface area contributed by atoms with Crippen LogP contribution in [0, 0.1) is 0 Å². The number of aromatic nitrogens is 1. The van der Waals surface area contributed by atoms with E-state index in [2.05, 4.69) is 0 Å². The Hall–Kier alpha value is -2.01. The van der Waals surface area contributed by atoms with Gasteiger partial charge in [-0.2, -0.15) is 0 Å². The Labute approximate surface area is 97.5 Å². The molecule has 1 atom stereocenters. The molecule has 5 nitrogen and oxygen atoms in total. The number of carboxylic acid groups (broad SMARTS) is 1. The largest absolute Gasteiger partial charge is 0.508 e. The fraction of sp³-hybridized carbons (Fsp3) is 0.250. The number of aromatic hydroxyl groups is 1. The van der Waals surface area contributed by atoms with E-state index in [0.717, 1.165) is 0 Å². The van der Waals surface area contributed by atoms with E-state index >= 15 is 0 Å². The van der Waals surface area contributed by atoms with Crippen molar-refractivity contribution in [3.63, 3.8) is 0 Å². The minimum absolute atomic E-state index is 0.0903. The Morgan fingerprint density at radius 3 is 2.76 bits per heavy atom. The highest BCUT2D eigenvalue weighted by atomic mass is 16.4. The summed E-state index contributed by atoms with van der Waals surface area (Å²) >= 11 is 0. The summed E-state index contributed by atoms with van der Waals surface area (Å²) in [4.78, 5) is 10.7. The number of nitrogens with zero attached hydrogens (tertiary/aromatic N) is 1. The van der Waals surface area contributed by atoms with Crippen LogP contribution in [-0.2, 0) is 11.3 Å². The SMILES string of the molecule is CC(O)c1cn(CC(=O)O)c2ccc(O)cc12. The summed E-state index contributed by atoms with van der Waals surface area (Å²) < 4.78 is 1.54. The number of aliphatic hydroxyl groups is 1. The van der Waals surface area contributed by atoms with Crippen molar-refractivity contribution in [2.45, 2.75) is 19.6 Å². The third-order valence-corrected chi connectivity index (χ3v) is 2.65. The van der Waals surface area contributed by atoms with Gasteiger partial charge in [0.15, 0.2) is 0 Å². The van der Waals surface area contributed by atoms with Crippen molar-refractivity contribution in [3.8, 4) is 5.75 Å². The van der Waals surface area contributed by atoms with Gasteiger partial charge >= 0.3 is 5.97 Å². The quantitative estimate of drug-likeness (QED) is 0.752. The average Bonchev–Trinajstić information content (AvgIpc) is 2.55. The van der Waals surface area contributed by atoms with E-state index in [4.69, 9.17) is 5.11 Å². The fourth-order valence-electron chi connectivity index (χ4n) is 1.92. The van der Waals surface area contributed by atoms with Gasteiger partial charge in [-0.3, -0.25) is 4.79 Å². The highest BCUT2D eigenvalue weighted by Gasteiger charge is 2.14. The zero-order valence-corrected chi connectivity index (χ0v) is 9.29. The molecule has 1 aromatic heterocycles. The number of benzene rings is 1. The van der Waals surface area contributed by atoms with Gasteiger partial charge in [-0.25, -0.2) is 0 Å². The van der Waals surface area contributed by atoms with Gasteiger partial charge in [0.25, 0.3) is 0 Å². The first kappa shape index (κ1) is 11.5. The molecule has 90 valence electrons. The lowest BCUT2D eigenvalue weighted by atomic mass is 10.1. The van der Waals surface area contributed by atoms with Gasteiger partial charge in [0.05, 0.1) is 6.10 Å². The van der Waals surface area contributed by atoms with Crippen molar-refractivity contribution in [2.24, 2.45) is 0 Å². The predicted molar refractivity (Wildman–Crippen MR) is 61.9 cm³/mol. The van der Waals surface area contributed by atoms with E-state index in [0.29, 0.717) is 16.5 Å². The molecule has 0 spiro atoms. The van der Waals surface area contributed by atoms with Gasteiger partial charge in [-0.1, -0.05) is 0 Å². The van der Waals surface area contributed by atoms with Gasteiger partial charge in [0.2, 0.25) is 0 Å². The average molecular weight is 235 g/mol. The Morgan fingerprint density at radius 2 is 2.18 bits per heavy atom. The van der Waals surface area contributed by atoms with Crippen molar-refractivity contribution in [2.75, 3.05) is 0 Å². The summed E-state index contributed by atoms with van der Waals surface area (Å²) in [5.41, 5.74) is 1.29. The number of aliphatic carboxylic acids is 1. The van der Waals surface area contributed by atoms with E-state index in [-0.39, 0.29) is 12.3 Å². The van der Waals surface area contributed by atoms with Crippen LogP contribution in [0.4, 0.5) is 0 Å². The molecule has 1 unspecified atom stereocenters. The lowest BCUT2D eigenvalue weighted by molar-refractivity contribution is -0.137. The minimum atomic E-state index is -0.952. The van der Waals surface area contributed by atoms with Crippen LogP contribution in [0.5, 0.6) is 5.75 Å². The summed E-state index contributed by atoms with van der Waals surface area (Å²) in [6, 6.07) is 4.65. The normalized spacial score (nSPS) is 12.8. The van der Waals surface area contributed by atoms with Crippen LogP contribution in [0.1, 0.15) is 18.6 Å². The monoisotopic (exact) mass is 235 g/mol. The molecule has 1 heterocycles. The van der Waals surface area contributed by atoms with Crippen LogP contribution in [-0.4, -0.2) is 25.9 Å². The van der Waals surface area contributed by atoms with E-state index in [1.54, 1.807) is 23.8 Å². The summed E-state index contributed by atoms with van der Waals surface area (Å²) in [5.74, 6) is -0.861. The number of rotatable bonds is 3. The number of hydrogen-bond donors (Lipinski definition) is 3. The molecule has 0 amide bonds. The molecule has 0 bridgehead atoms. The molecule has 2 aromatic rings. The first-order chi connectivity index (χ1) is 7.99. The van der Waals surface area contributed by atoms with Crippen LogP contribution >= 0.6 is 0 Å². The molecule has 0 saturated carbocycles. The van der Waals surface area contributed by atoms with E-state index in [9.17, 15) is 15.0 Å². The minimum Gasteiger partial charge on any atom is -0.508 e. The number of fused-ring (bicyclic) bond motifs is 1. The van der Waals surface area contributed by atoms with Crippen molar-refractivity contribution in [1.29, 1.82) is 0 Å². The van der Waals surface area contributed by atoms with Gasteiger partial charge in [0.1, 0.15) is 12.3 Å². The Kier molecular flexibility index (Phi) is 2.77. The molecule has 0 aliphatic heterocycles. The van der Waals surface area contributed by atoms with Gasteiger partial charge in [0, 0.05) is 22.7 Å². The number of phenolic OH excluding ortho intramolecular Hbond substituents is 1. The van der Waals surface area contributed by atoms with E-state index in [1.807, 2.05) is 0 Å². The lowest BCUT2D eigenvalue weighted by Gasteiger charge is -2.01. The van der Waals surface area contributed by atoms with Crippen LogP contribution in [0.2, 0.25) is 0 Å². The van der Waals surface area contributed by atoms with E-state index in [1.165, 1.54) is 12.1 Å². The smallest absolute Gasteiger partial charge is 0.323 e. The van der Waals surface area contributed by atoms with Crippen molar-refractivity contribution < 1.29 is 20.1 Å². The second-order valence-electron chi connectivity index (χ2n) is 3.98. The Morgan fingerprint density at radius 1 is 1.47 bits per heavy atom. The maximum atomic E-state index is 10.7. The zero-order valence-electron chi connectivity index (χ0n) is 9.29. The maximum absolute atomic E-state index is 10.7. The van der Waals surface area contributed by atoms with Crippen LogP contribution < -0.4 is 0 Å². The molecular formula is C12H13NO4. The first-order valence-electron chi connectivity index (χ1n) is 5.20.